The van der Waals surface area contributed by atoms with Gasteiger partial charge in [0.05, 0.1) is 4.87 Å². The fourth-order valence-electron chi connectivity index (χ4n) is 3.24. The summed E-state index contributed by atoms with van der Waals surface area (Å²) >= 11 is 1.60. The number of anilines is 1. The van der Waals surface area contributed by atoms with Crippen LogP contribution >= 0.6 is 11.8 Å². The van der Waals surface area contributed by atoms with Crippen molar-refractivity contribution in [2.45, 2.75) is 44.5 Å². The minimum absolute atomic E-state index is 0.0194. The molecule has 0 radical (unpaired) electrons. The van der Waals surface area contributed by atoms with Crippen LogP contribution in [0.3, 0.4) is 0 Å². The van der Waals surface area contributed by atoms with E-state index in [4.69, 9.17) is 4.74 Å². The van der Waals surface area contributed by atoms with E-state index in [1.165, 1.54) is 0 Å². The summed E-state index contributed by atoms with van der Waals surface area (Å²) in [7, 11) is 0. The number of amides is 2. The van der Waals surface area contributed by atoms with Crippen molar-refractivity contribution in [2.75, 3.05) is 17.7 Å². The van der Waals surface area contributed by atoms with E-state index in [1.807, 2.05) is 39.0 Å². The zero-order valence-electron chi connectivity index (χ0n) is 14.6. The number of aryl methyl sites for hydroxylation is 2. The van der Waals surface area contributed by atoms with Crippen molar-refractivity contribution >= 4 is 35.2 Å². The number of hydrogen-bond donors (Lipinski definition) is 1. The number of benzene rings is 1. The zero-order chi connectivity index (χ0) is 18.2. The van der Waals surface area contributed by atoms with Crippen molar-refractivity contribution in [3.05, 3.63) is 29.3 Å². The Balaban J connectivity index is 1.54. The summed E-state index contributed by atoms with van der Waals surface area (Å²) in [6, 6.07) is 5.01. The molecule has 7 heteroatoms. The highest BCUT2D eigenvalue weighted by Crippen LogP contribution is 2.47. The average Bonchev–Trinajstić information content (AvgIpc) is 3.05. The first-order chi connectivity index (χ1) is 11.8. The molecule has 1 aromatic carbocycles. The smallest absolute Gasteiger partial charge is 0.330 e. The third-order valence-electron chi connectivity index (χ3n) is 4.85. The molecule has 134 valence electrons. The molecule has 25 heavy (non-hydrogen) atoms. The van der Waals surface area contributed by atoms with E-state index in [0.717, 1.165) is 17.5 Å². The topological polar surface area (TPSA) is 75.7 Å². The summed E-state index contributed by atoms with van der Waals surface area (Å²) < 4.78 is 5.16. The van der Waals surface area contributed by atoms with Crippen LogP contribution < -0.4 is 5.32 Å². The standard InChI is InChI=1S/C18H22N2O4S/c1-11-4-5-13(8-12(11)2)19-15(21)9-24-17(23)14-10-25-18(3)7-6-16(22)20(14)18/h4-5,8,14H,6-7,9-10H2,1-3H3,(H,19,21)/t14-,18+/m0/s1. The van der Waals surface area contributed by atoms with Gasteiger partial charge in [-0.15, -0.1) is 11.8 Å². The molecule has 2 fully saturated rings. The lowest BCUT2D eigenvalue weighted by molar-refractivity contribution is -0.155. The van der Waals surface area contributed by atoms with Gasteiger partial charge in [-0.2, -0.15) is 0 Å². The van der Waals surface area contributed by atoms with Gasteiger partial charge in [0.25, 0.3) is 5.91 Å². The fraction of sp³-hybridized carbons (Fsp3) is 0.500. The normalized spacial score (nSPS) is 25.0. The highest BCUT2D eigenvalue weighted by atomic mass is 32.2. The number of esters is 1. The summed E-state index contributed by atoms with van der Waals surface area (Å²) in [5.41, 5.74) is 2.88. The number of rotatable bonds is 4. The van der Waals surface area contributed by atoms with Gasteiger partial charge in [0, 0.05) is 17.9 Å². The van der Waals surface area contributed by atoms with Crippen LogP contribution in [0.4, 0.5) is 5.69 Å². The molecule has 2 heterocycles. The van der Waals surface area contributed by atoms with Gasteiger partial charge in [-0.05, 0) is 50.5 Å². The quantitative estimate of drug-likeness (QED) is 0.832. The van der Waals surface area contributed by atoms with Crippen LogP contribution in [0.1, 0.15) is 30.9 Å². The van der Waals surface area contributed by atoms with E-state index in [1.54, 1.807) is 16.7 Å². The zero-order valence-corrected chi connectivity index (χ0v) is 15.4. The minimum Gasteiger partial charge on any atom is -0.454 e. The van der Waals surface area contributed by atoms with Crippen LogP contribution in [0.15, 0.2) is 18.2 Å². The van der Waals surface area contributed by atoms with Gasteiger partial charge >= 0.3 is 5.97 Å². The number of thioether (sulfide) groups is 1. The molecule has 2 aliphatic rings. The molecule has 0 bridgehead atoms. The molecule has 2 atom stereocenters. The second-order valence-electron chi connectivity index (χ2n) is 6.72. The highest BCUT2D eigenvalue weighted by molar-refractivity contribution is 8.01. The molecule has 2 aliphatic heterocycles. The van der Waals surface area contributed by atoms with E-state index < -0.39 is 17.9 Å². The number of carbonyl (C=O) groups excluding carboxylic acids is 3. The Hall–Kier alpha value is -2.02. The maximum atomic E-state index is 12.3. The number of fused-ring (bicyclic) bond motifs is 1. The number of ether oxygens (including phenoxy) is 1. The summed E-state index contributed by atoms with van der Waals surface area (Å²) in [5, 5.41) is 2.72. The van der Waals surface area contributed by atoms with Gasteiger partial charge in [0.1, 0.15) is 6.04 Å². The first kappa shape index (κ1) is 17.8. The average molecular weight is 362 g/mol. The van der Waals surface area contributed by atoms with E-state index >= 15 is 0 Å². The van der Waals surface area contributed by atoms with E-state index in [-0.39, 0.29) is 17.4 Å². The summed E-state index contributed by atoms with van der Waals surface area (Å²) in [5.74, 6) is -0.409. The molecule has 6 nitrogen and oxygen atoms in total. The second-order valence-corrected chi connectivity index (χ2v) is 8.22. The third kappa shape index (κ3) is 3.51. The molecule has 0 spiro atoms. The predicted octanol–water partition coefficient (Wildman–Crippen LogP) is 2.24. The van der Waals surface area contributed by atoms with E-state index in [9.17, 15) is 14.4 Å². The monoisotopic (exact) mass is 362 g/mol. The maximum Gasteiger partial charge on any atom is 0.330 e. The molecule has 3 rings (SSSR count). The molecular formula is C18H22N2O4S. The molecule has 2 amide bonds. The Morgan fingerprint density at radius 1 is 1.36 bits per heavy atom. The Morgan fingerprint density at radius 2 is 2.12 bits per heavy atom. The van der Waals surface area contributed by atoms with Crippen LogP contribution in [-0.2, 0) is 19.1 Å². The van der Waals surface area contributed by atoms with Gasteiger partial charge in [0.2, 0.25) is 5.91 Å². The lowest BCUT2D eigenvalue weighted by Gasteiger charge is -2.29. The molecular weight excluding hydrogens is 340 g/mol. The molecule has 0 unspecified atom stereocenters. The van der Waals surface area contributed by atoms with Crippen LogP contribution in [-0.4, -0.2) is 46.0 Å². The minimum atomic E-state index is -0.598. The van der Waals surface area contributed by atoms with Crippen LogP contribution in [0, 0.1) is 13.8 Å². The summed E-state index contributed by atoms with van der Waals surface area (Å²) in [4.78, 5) is 37.7. The van der Waals surface area contributed by atoms with E-state index in [2.05, 4.69) is 5.32 Å². The third-order valence-corrected chi connectivity index (χ3v) is 6.36. The van der Waals surface area contributed by atoms with Crippen molar-refractivity contribution < 1.29 is 19.1 Å². The number of carbonyl (C=O) groups is 3. The number of hydrogen-bond acceptors (Lipinski definition) is 5. The first-order valence-electron chi connectivity index (χ1n) is 8.30. The van der Waals surface area contributed by atoms with Crippen LogP contribution in [0.2, 0.25) is 0 Å². The lowest BCUT2D eigenvalue weighted by atomic mass is 10.1. The van der Waals surface area contributed by atoms with Crippen LogP contribution in [0.5, 0.6) is 0 Å². The SMILES string of the molecule is Cc1ccc(NC(=O)COC(=O)[C@@H]2CS[C@]3(C)CCC(=O)N23)cc1C. The van der Waals surface area contributed by atoms with Gasteiger partial charge in [-0.3, -0.25) is 9.59 Å². The molecule has 2 saturated heterocycles. The summed E-state index contributed by atoms with van der Waals surface area (Å²) in [6.45, 7) is 5.58. The Kier molecular flexibility index (Phi) is 4.77. The molecule has 0 aliphatic carbocycles. The predicted molar refractivity (Wildman–Crippen MR) is 96.2 cm³/mol. The van der Waals surface area contributed by atoms with Crippen molar-refractivity contribution in [3.8, 4) is 0 Å². The second kappa shape index (κ2) is 6.71. The summed E-state index contributed by atoms with van der Waals surface area (Å²) in [6.07, 6.45) is 1.20. The van der Waals surface area contributed by atoms with Crippen molar-refractivity contribution in [1.82, 2.24) is 4.90 Å². The van der Waals surface area contributed by atoms with Gasteiger partial charge in [0.15, 0.2) is 6.61 Å². The van der Waals surface area contributed by atoms with Gasteiger partial charge < -0.3 is 15.0 Å². The highest BCUT2D eigenvalue weighted by Gasteiger charge is 2.53. The van der Waals surface area contributed by atoms with Crippen molar-refractivity contribution in [1.29, 1.82) is 0 Å². The molecule has 0 aromatic heterocycles. The largest absolute Gasteiger partial charge is 0.454 e. The Bertz CT molecular complexity index is 736. The van der Waals surface area contributed by atoms with Crippen LogP contribution in [0.25, 0.3) is 0 Å². The molecule has 0 saturated carbocycles. The first-order valence-corrected chi connectivity index (χ1v) is 9.28. The number of nitrogens with one attached hydrogen (secondary N) is 1. The maximum absolute atomic E-state index is 12.3. The molecule has 1 N–H and O–H groups in total. The van der Waals surface area contributed by atoms with E-state index in [0.29, 0.717) is 17.9 Å². The van der Waals surface area contributed by atoms with Crippen molar-refractivity contribution in [2.24, 2.45) is 0 Å². The number of nitrogens with zero attached hydrogens (tertiary/aromatic N) is 1. The van der Waals surface area contributed by atoms with Gasteiger partial charge in [-0.25, -0.2) is 4.79 Å². The van der Waals surface area contributed by atoms with Gasteiger partial charge in [-0.1, -0.05) is 6.07 Å². The Morgan fingerprint density at radius 3 is 2.84 bits per heavy atom. The van der Waals surface area contributed by atoms with Crippen molar-refractivity contribution in [3.63, 3.8) is 0 Å². The molecule has 1 aromatic rings. The Labute approximate surface area is 151 Å². The lowest BCUT2D eigenvalue weighted by Crippen LogP contribution is -2.47. The fourth-order valence-corrected chi connectivity index (χ4v) is 4.66.